The number of hydrogen-bond acceptors (Lipinski definition) is 7. The summed E-state index contributed by atoms with van der Waals surface area (Å²) < 4.78 is 72.7. The highest BCUT2D eigenvalue weighted by Gasteiger charge is 2.34. The van der Waals surface area contributed by atoms with Crippen molar-refractivity contribution in [2.24, 2.45) is 5.10 Å². The lowest BCUT2D eigenvalue weighted by Gasteiger charge is -2.12. The van der Waals surface area contributed by atoms with Crippen molar-refractivity contribution in [3.63, 3.8) is 0 Å². The van der Waals surface area contributed by atoms with Gasteiger partial charge in [0.15, 0.2) is 11.6 Å². The van der Waals surface area contributed by atoms with E-state index in [2.05, 4.69) is 20.2 Å². The molecule has 1 N–H and O–H groups in total. The number of anilines is 1. The van der Waals surface area contributed by atoms with Gasteiger partial charge in [-0.1, -0.05) is 0 Å². The van der Waals surface area contributed by atoms with E-state index >= 15 is 0 Å². The molecule has 0 saturated heterocycles. The van der Waals surface area contributed by atoms with Crippen LogP contribution < -0.4 is 10.2 Å². The molecule has 0 bridgehead atoms. The van der Waals surface area contributed by atoms with Crippen LogP contribution >= 0.6 is 11.3 Å². The Morgan fingerprint density at radius 1 is 1.33 bits per heavy atom. The van der Waals surface area contributed by atoms with E-state index < -0.39 is 35.3 Å². The van der Waals surface area contributed by atoms with Gasteiger partial charge >= 0.3 is 12.3 Å². The van der Waals surface area contributed by atoms with Gasteiger partial charge in [-0.3, -0.25) is 10.2 Å². The lowest BCUT2D eigenvalue weighted by Crippen LogP contribution is -2.19. The third kappa shape index (κ3) is 6.16. The number of halogens is 5. The summed E-state index contributed by atoms with van der Waals surface area (Å²) >= 11 is 1.04. The molecule has 2 aromatic rings. The van der Waals surface area contributed by atoms with Crippen LogP contribution in [0, 0.1) is 11.6 Å². The Balaban J connectivity index is 2.11. The summed E-state index contributed by atoms with van der Waals surface area (Å²) in [5.41, 5.74) is 1.91. The number of carbonyl (C=O) groups is 1. The molecule has 6 nitrogen and oxygen atoms in total. The Morgan fingerprint density at radius 3 is 2.70 bits per heavy atom. The van der Waals surface area contributed by atoms with Crippen molar-refractivity contribution in [2.75, 3.05) is 12.0 Å². The lowest BCUT2D eigenvalue weighted by molar-refractivity contribution is -0.275. The molecule has 0 aliphatic heterocycles. The molecule has 0 radical (unpaired) electrons. The molecule has 27 heavy (non-hydrogen) atoms. The van der Waals surface area contributed by atoms with Crippen LogP contribution in [-0.4, -0.2) is 30.1 Å². The first kappa shape index (κ1) is 20.6. The molecule has 0 unspecified atom stereocenters. The predicted octanol–water partition coefficient (Wildman–Crippen LogP) is 3.87. The molecule has 1 aromatic heterocycles. The van der Waals surface area contributed by atoms with Crippen molar-refractivity contribution in [2.45, 2.75) is 19.7 Å². The van der Waals surface area contributed by atoms with Gasteiger partial charge in [-0.15, -0.1) is 24.5 Å². The van der Waals surface area contributed by atoms with Crippen molar-refractivity contribution < 1.29 is 36.2 Å². The second-order valence-electron chi connectivity index (χ2n) is 4.82. The fraction of sp³-hybridized carbons (Fsp3) is 0.267. The standard InChI is InChI=1S/C15H12F5N3O3S/c1-2-25-12(24)5-8-7-27-14(22-8)23-21-6-9-10(16)3-4-11(17)13(9)26-15(18,19)20/h3-4,6-7H,2,5H2,1H3,(H,22,23). The maximum atomic E-state index is 13.8. The summed E-state index contributed by atoms with van der Waals surface area (Å²) in [6.07, 6.45) is -4.65. The quantitative estimate of drug-likeness (QED) is 0.325. The number of rotatable bonds is 7. The second-order valence-corrected chi connectivity index (χ2v) is 5.67. The maximum Gasteiger partial charge on any atom is 0.573 e. The van der Waals surface area contributed by atoms with Crippen LogP contribution in [0.5, 0.6) is 5.75 Å². The zero-order chi connectivity index (χ0) is 20.0. The summed E-state index contributed by atoms with van der Waals surface area (Å²) in [6, 6.07) is 1.14. The van der Waals surface area contributed by atoms with E-state index in [0.29, 0.717) is 24.0 Å². The van der Waals surface area contributed by atoms with E-state index in [4.69, 9.17) is 4.74 Å². The summed E-state index contributed by atoms with van der Waals surface area (Å²) in [7, 11) is 0. The zero-order valence-electron chi connectivity index (χ0n) is 13.6. The zero-order valence-corrected chi connectivity index (χ0v) is 14.5. The third-order valence-corrected chi connectivity index (χ3v) is 3.64. The predicted molar refractivity (Wildman–Crippen MR) is 86.7 cm³/mol. The van der Waals surface area contributed by atoms with Gasteiger partial charge in [-0.05, 0) is 19.1 Å². The van der Waals surface area contributed by atoms with Crippen LogP contribution in [0.25, 0.3) is 0 Å². The summed E-state index contributed by atoms with van der Waals surface area (Å²) in [6.45, 7) is 1.88. The first-order chi connectivity index (χ1) is 12.7. The van der Waals surface area contributed by atoms with Crippen LogP contribution in [0.2, 0.25) is 0 Å². The monoisotopic (exact) mass is 409 g/mol. The minimum Gasteiger partial charge on any atom is -0.466 e. The van der Waals surface area contributed by atoms with Crippen molar-refractivity contribution in [3.05, 3.63) is 40.4 Å². The molecule has 2 rings (SSSR count). The number of nitrogens with zero attached hydrogens (tertiary/aromatic N) is 2. The Morgan fingerprint density at radius 2 is 2.04 bits per heavy atom. The van der Waals surface area contributed by atoms with E-state index in [-0.39, 0.29) is 18.2 Å². The van der Waals surface area contributed by atoms with Crippen LogP contribution in [0.15, 0.2) is 22.6 Å². The van der Waals surface area contributed by atoms with Gasteiger partial charge in [0.05, 0.1) is 30.5 Å². The van der Waals surface area contributed by atoms with Crippen molar-refractivity contribution in [1.82, 2.24) is 4.98 Å². The number of esters is 1. The molecule has 0 amide bonds. The number of carbonyl (C=O) groups excluding carboxylic acids is 1. The smallest absolute Gasteiger partial charge is 0.466 e. The number of hydrazone groups is 1. The first-order valence-corrected chi connectivity index (χ1v) is 8.20. The molecule has 0 atom stereocenters. The molecular formula is C15H12F5N3O3S. The largest absolute Gasteiger partial charge is 0.573 e. The van der Waals surface area contributed by atoms with Gasteiger partial charge in [0.25, 0.3) is 0 Å². The molecule has 1 heterocycles. The van der Waals surface area contributed by atoms with E-state index in [1.807, 2.05) is 0 Å². The van der Waals surface area contributed by atoms with Gasteiger partial charge in [-0.25, -0.2) is 13.8 Å². The number of ether oxygens (including phenoxy) is 2. The van der Waals surface area contributed by atoms with E-state index in [0.717, 1.165) is 11.3 Å². The van der Waals surface area contributed by atoms with Gasteiger partial charge in [0, 0.05) is 5.38 Å². The van der Waals surface area contributed by atoms with Gasteiger partial charge in [0.2, 0.25) is 5.13 Å². The van der Waals surface area contributed by atoms with Crippen LogP contribution in [0.1, 0.15) is 18.2 Å². The summed E-state index contributed by atoms with van der Waals surface area (Å²) in [4.78, 5) is 15.4. The second kappa shape index (κ2) is 8.75. The van der Waals surface area contributed by atoms with Crippen molar-refractivity contribution in [1.29, 1.82) is 0 Å². The normalized spacial score (nSPS) is 11.6. The van der Waals surface area contributed by atoms with Crippen LogP contribution in [-0.2, 0) is 16.0 Å². The Kier molecular flexibility index (Phi) is 6.66. The fourth-order valence-corrected chi connectivity index (χ4v) is 2.50. The Hall–Kier alpha value is -2.76. The molecule has 0 fully saturated rings. The lowest BCUT2D eigenvalue weighted by atomic mass is 10.2. The van der Waals surface area contributed by atoms with Gasteiger partial charge in [0.1, 0.15) is 5.82 Å². The number of alkyl halides is 3. The van der Waals surface area contributed by atoms with Crippen molar-refractivity contribution in [3.8, 4) is 5.75 Å². The van der Waals surface area contributed by atoms with Crippen LogP contribution in [0.4, 0.5) is 27.1 Å². The SMILES string of the molecule is CCOC(=O)Cc1csc(NN=Cc2c(F)ccc(F)c2OC(F)(F)F)n1. The molecule has 0 aliphatic carbocycles. The number of benzene rings is 1. The molecule has 1 aromatic carbocycles. The Labute approximate surface area is 153 Å². The number of nitrogens with one attached hydrogen (secondary N) is 1. The highest BCUT2D eigenvalue weighted by molar-refractivity contribution is 7.13. The van der Waals surface area contributed by atoms with E-state index in [1.165, 1.54) is 5.38 Å². The van der Waals surface area contributed by atoms with E-state index in [1.54, 1.807) is 6.92 Å². The average Bonchev–Trinajstić information content (AvgIpc) is 3.00. The number of aromatic nitrogens is 1. The fourth-order valence-electron chi connectivity index (χ4n) is 1.84. The summed E-state index contributed by atoms with van der Waals surface area (Å²) in [5, 5.41) is 5.25. The molecule has 0 spiro atoms. The first-order valence-electron chi connectivity index (χ1n) is 7.32. The van der Waals surface area contributed by atoms with Gasteiger partial charge < -0.3 is 9.47 Å². The molecule has 0 aliphatic rings. The highest BCUT2D eigenvalue weighted by atomic mass is 32.1. The maximum absolute atomic E-state index is 13.8. The minimum atomic E-state index is -5.21. The molecule has 0 saturated carbocycles. The third-order valence-electron chi connectivity index (χ3n) is 2.85. The van der Waals surface area contributed by atoms with Crippen LogP contribution in [0.3, 0.4) is 0 Å². The molecule has 146 valence electrons. The number of thiazole rings is 1. The molecular weight excluding hydrogens is 397 g/mol. The van der Waals surface area contributed by atoms with E-state index in [9.17, 15) is 26.7 Å². The number of hydrogen-bond donors (Lipinski definition) is 1. The summed E-state index contributed by atoms with van der Waals surface area (Å²) in [5.74, 6) is -4.38. The van der Waals surface area contributed by atoms with Crippen molar-refractivity contribution >= 4 is 28.7 Å². The highest BCUT2D eigenvalue weighted by Crippen LogP contribution is 2.30. The average molecular weight is 409 g/mol. The van der Waals surface area contributed by atoms with Gasteiger partial charge in [-0.2, -0.15) is 5.10 Å². The Bertz CT molecular complexity index is 839. The molecule has 12 heteroatoms. The topological polar surface area (TPSA) is 72.8 Å². The minimum absolute atomic E-state index is 0.0716.